The fraction of sp³-hybridized carbons (Fsp3) is 0.182. The van der Waals surface area contributed by atoms with E-state index in [9.17, 15) is 14.4 Å². The number of thioether (sulfide) groups is 1. The molecule has 1 atom stereocenters. The van der Waals surface area contributed by atoms with Crippen LogP contribution < -0.4 is 20.7 Å². The lowest BCUT2D eigenvalue weighted by atomic mass is 10.2. The third-order valence-electron chi connectivity index (χ3n) is 6.07. The fourth-order valence-electron chi connectivity index (χ4n) is 3.75. The molecular weight excluding hydrogens is 567 g/mol. The van der Waals surface area contributed by atoms with Crippen molar-refractivity contribution in [3.05, 3.63) is 113 Å². The highest BCUT2D eigenvalue weighted by Crippen LogP contribution is 2.26. The van der Waals surface area contributed by atoms with Crippen LogP contribution in [0.15, 0.2) is 106 Å². The minimum absolute atomic E-state index is 0.116. The third-order valence-corrected chi connectivity index (χ3v) is 7.88. The number of hydrogen-bond donors (Lipinski definition) is 3. The van der Waals surface area contributed by atoms with E-state index < -0.39 is 5.91 Å². The number of amides is 3. The van der Waals surface area contributed by atoms with E-state index in [1.165, 1.54) is 23.1 Å². The molecule has 9 heteroatoms. The zero-order valence-corrected chi connectivity index (χ0v) is 25.1. The van der Waals surface area contributed by atoms with Gasteiger partial charge in [0.15, 0.2) is 0 Å². The Morgan fingerprint density at radius 1 is 0.905 bits per heavy atom. The predicted molar refractivity (Wildman–Crippen MR) is 172 cm³/mol. The molecule has 0 aliphatic rings. The lowest BCUT2D eigenvalue weighted by Gasteiger charge is -2.14. The molecule has 3 amide bonds. The van der Waals surface area contributed by atoms with E-state index in [0.29, 0.717) is 23.5 Å². The molecule has 0 saturated heterocycles. The van der Waals surface area contributed by atoms with Gasteiger partial charge in [0, 0.05) is 21.8 Å². The van der Waals surface area contributed by atoms with Gasteiger partial charge in [0.2, 0.25) is 5.91 Å². The Hall–Kier alpha value is -4.34. The van der Waals surface area contributed by atoms with Crippen LogP contribution in [-0.4, -0.2) is 29.6 Å². The molecule has 7 nitrogen and oxygen atoms in total. The Kier molecular flexibility index (Phi) is 11.4. The van der Waals surface area contributed by atoms with Crippen LogP contribution in [-0.2, 0) is 9.59 Å². The van der Waals surface area contributed by atoms with E-state index in [1.807, 2.05) is 66.2 Å². The number of thiophene rings is 1. The van der Waals surface area contributed by atoms with Crippen LogP contribution in [0.2, 0.25) is 0 Å². The molecule has 1 aromatic heterocycles. The van der Waals surface area contributed by atoms with Crippen LogP contribution in [0.25, 0.3) is 6.08 Å². The zero-order chi connectivity index (χ0) is 29.7. The molecule has 216 valence electrons. The summed E-state index contributed by atoms with van der Waals surface area (Å²) in [5.74, 6) is -0.152. The summed E-state index contributed by atoms with van der Waals surface area (Å²) >= 11 is 2.91. The number of unbranched alkanes of at least 4 members (excludes halogenated alkanes) is 1. The Labute approximate surface area is 254 Å². The third kappa shape index (κ3) is 9.36. The molecule has 0 saturated carbocycles. The average molecular weight is 600 g/mol. The molecule has 0 aliphatic carbocycles. The van der Waals surface area contributed by atoms with Gasteiger partial charge in [-0.25, -0.2) is 0 Å². The second kappa shape index (κ2) is 15.6. The van der Waals surface area contributed by atoms with E-state index in [-0.39, 0.29) is 22.8 Å². The molecule has 0 radical (unpaired) electrons. The average Bonchev–Trinajstić information content (AvgIpc) is 3.52. The summed E-state index contributed by atoms with van der Waals surface area (Å²) in [6.07, 6.45) is 3.72. The van der Waals surface area contributed by atoms with Gasteiger partial charge in [-0.15, -0.1) is 11.8 Å². The highest BCUT2D eigenvalue weighted by Gasteiger charge is 2.17. The molecule has 4 aromatic rings. The van der Waals surface area contributed by atoms with Crippen molar-refractivity contribution in [1.29, 1.82) is 0 Å². The van der Waals surface area contributed by atoms with E-state index in [0.717, 1.165) is 29.1 Å². The van der Waals surface area contributed by atoms with Crippen molar-refractivity contribution in [3.8, 4) is 5.75 Å². The molecule has 1 heterocycles. The predicted octanol–water partition coefficient (Wildman–Crippen LogP) is 7.46. The second-order valence-electron chi connectivity index (χ2n) is 9.39. The lowest BCUT2D eigenvalue weighted by Crippen LogP contribution is -2.30. The highest BCUT2D eigenvalue weighted by atomic mass is 32.2. The largest absolute Gasteiger partial charge is 0.494 e. The SMILES string of the molecule is CCCCOc1ccc(NC(=O)C(C)Sc2ccc(NC(=O)/C(=C/c3ccsc3)NC(=O)c3ccccc3)cc2)cc1. The minimum atomic E-state index is -0.444. The van der Waals surface area contributed by atoms with Gasteiger partial charge in [-0.1, -0.05) is 31.5 Å². The van der Waals surface area contributed by atoms with Crippen molar-refractivity contribution in [2.45, 2.75) is 36.8 Å². The molecule has 3 aromatic carbocycles. The van der Waals surface area contributed by atoms with Crippen LogP contribution in [0.1, 0.15) is 42.6 Å². The molecule has 0 aliphatic heterocycles. The smallest absolute Gasteiger partial charge is 0.272 e. The molecule has 0 spiro atoms. The Balaban J connectivity index is 1.33. The normalized spacial score (nSPS) is 11.8. The van der Waals surface area contributed by atoms with Crippen molar-refractivity contribution in [2.24, 2.45) is 0 Å². The fourth-order valence-corrected chi connectivity index (χ4v) is 5.24. The molecule has 42 heavy (non-hydrogen) atoms. The van der Waals surface area contributed by atoms with Gasteiger partial charge in [0.05, 0.1) is 11.9 Å². The Morgan fingerprint density at radius 2 is 1.60 bits per heavy atom. The van der Waals surface area contributed by atoms with Crippen molar-refractivity contribution >= 4 is 58.3 Å². The standard InChI is InChI=1S/C33H33N3O4S2/c1-3-4-19-40-28-14-10-26(11-15-28)34-31(37)23(2)42-29-16-12-27(13-17-29)35-33(39)30(21-24-18-20-41-22-24)36-32(38)25-8-6-5-7-9-25/h5-18,20-23H,3-4,19H2,1-2H3,(H,34,37)(H,35,39)(H,36,38)/b30-21-. The summed E-state index contributed by atoms with van der Waals surface area (Å²) in [6, 6.07) is 25.2. The van der Waals surface area contributed by atoms with Crippen LogP contribution in [0.5, 0.6) is 5.75 Å². The maximum absolute atomic E-state index is 13.2. The lowest BCUT2D eigenvalue weighted by molar-refractivity contribution is -0.115. The highest BCUT2D eigenvalue weighted by molar-refractivity contribution is 8.00. The summed E-state index contributed by atoms with van der Waals surface area (Å²) in [6.45, 7) is 4.63. The van der Waals surface area contributed by atoms with Crippen molar-refractivity contribution < 1.29 is 19.1 Å². The number of hydrogen-bond acceptors (Lipinski definition) is 6. The molecule has 3 N–H and O–H groups in total. The van der Waals surface area contributed by atoms with Crippen molar-refractivity contribution in [2.75, 3.05) is 17.2 Å². The van der Waals surface area contributed by atoms with Crippen LogP contribution in [0.3, 0.4) is 0 Å². The summed E-state index contributed by atoms with van der Waals surface area (Å²) in [5, 5.41) is 12.0. The number of ether oxygens (including phenoxy) is 1. The van der Waals surface area contributed by atoms with E-state index in [1.54, 1.807) is 42.5 Å². The first kappa shape index (κ1) is 30.6. The topological polar surface area (TPSA) is 96.5 Å². The van der Waals surface area contributed by atoms with E-state index in [2.05, 4.69) is 22.9 Å². The van der Waals surface area contributed by atoms with Crippen molar-refractivity contribution in [1.82, 2.24) is 5.32 Å². The quantitative estimate of drug-likeness (QED) is 0.0842. The van der Waals surface area contributed by atoms with E-state index >= 15 is 0 Å². The number of rotatable bonds is 13. The number of carbonyl (C=O) groups excluding carboxylic acids is 3. The summed E-state index contributed by atoms with van der Waals surface area (Å²) in [5.41, 5.74) is 2.67. The van der Waals surface area contributed by atoms with Crippen LogP contribution >= 0.6 is 23.1 Å². The van der Waals surface area contributed by atoms with E-state index in [4.69, 9.17) is 4.74 Å². The molecule has 4 rings (SSSR count). The molecular formula is C33H33N3O4S2. The van der Waals surface area contributed by atoms with Gasteiger partial charge in [0.1, 0.15) is 11.4 Å². The summed E-state index contributed by atoms with van der Waals surface area (Å²) in [4.78, 5) is 39.6. The first-order valence-electron chi connectivity index (χ1n) is 13.6. The van der Waals surface area contributed by atoms with Gasteiger partial charge in [-0.2, -0.15) is 11.3 Å². The Bertz CT molecular complexity index is 1490. The minimum Gasteiger partial charge on any atom is -0.494 e. The molecule has 0 fully saturated rings. The molecule has 0 bridgehead atoms. The molecule has 1 unspecified atom stereocenters. The van der Waals surface area contributed by atoms with Crippen LogP contribution in [0, 0.1) is 0 Å². The van der Waals surface area contributed by atoms with Gasteiger partial charge >= 0.3 is 0 Å². The van der Waals surface area contributed by atoms with Gasteiger partial charge in [-0.3, -0.25) is 14.4 Å². The zero-order valence-electron chi connectivity index (χ0n) is 23.5. The monoisotopic (exact) mass is 599 g/mol. The van der Waals surface area contributed by atoms with Gasteiger partial charge in [-0.05, 0) is 102 Å². The first-order chi connectivity index (χ1) is 20.4. The number of carbonyl (C=O) groups is 3. The second-order valence-corrected chi connectivity index (χ2v) is 11.6. The number of benzene rings is 3. The van der Waals surface area contributed by atoms with Crippen molar-refractivity contribution in [3.63, 3.8) is 0 Å². The maximum Gasteiger partial charge on any atom is 0.272 e. The Morgan fingerprint density at radius 3 is 2.26 bits per heavy atom. The maximum atomic E-state index is 13.2. The van der Waals surface area contributed by atoms with Crippen LogP contribution in [0.4, 0.5) is 11.4 Å². The van der Waals surface area contributed by atoms with Gasteiger partial charge < -0.3 is 20.7 Å². The van der Waals surface area contributed by atoms with Gasteiger partial charge in [0.25, 0.3) is 11.8 Å². The number of anilines is 2. The number of nitrogens with one attached hydrogen (secondary N) is 3. The first-order valence-corrected chi connectivity index (χ1v) is 15.5. The summed E-state index contributed by atoms with van der Waals surface area (Å²) < 4.78 is 5.67. The summed E-state index contributed by atoms with van der Waals surface area (Å²) in [7, 11) is 0.